The molecule has 0 saturated heterocycles. The second-order valence-corrected chi connectivity index (χ2v) is 6.84. The first-order valence-corrected chi connectivity index (χ1v) is 6.94. The number of hydrogen-bond donors (Lipinski definition) is 0. The van der Waals surface area contributed by atoms with Crippen LogP contribution in [0.15, 0.2) is 36.5 Å². The Morgan fingerprint density at radius 1 is 1.33 bits per heavy atom. The average molecular weight is 246 g/mol. The summed E-state index contributed by atoms with van der Waals surface area (Å²) in [7, 11) is 0. The third-order valence-corrected chi connectivity index (χ3v) is 5.39. The summed E-state index contributed by atoms with van der Waals surface area (Å²) >= 11 is 0. The number of rotatable bonds is 3. The molecule has 1 fully saturated rings. The fourth-order valence-electron chi connectivity index (χ4n) is 3.88. The molecule has 0 spiro atoms. The van der Waals surface area contributed by atoms with E-state index in [2.05, 4.69) is 59.4 Å². The van der Waals surface area contributed by atoms with E-state index in [9.17, 15) is 0 Å². The molecule has 18 heavy (non-hydrogen) atoms. The average Bonchev–Trinajstić information content (AvgIpc) is 2.47. The van der Waals surface area contributed by atoms with Gasteiger partial charge in [0.2, 0.25) is 0 Å². The Bertz CT molecular complexity index is 398. The molecule has 2 aliphatic rings. The highest BCUT2D eigenvalue weighted by Crippen LogP contribution is 2.62. The number of hydrogen-bond acceptors (Lipinski definition) is 1. The monoisotopic (exact) mass is 246 g/mol. The van der Waals surface area contributed by atoms with Crippen LogP contribution < -0.4 is 0 Å². The van der Waals surface area contributed by atoms with Crippen molar-refractivity contribution in [1.29, 1.82) is 0 Å². The Morgan fingerprint density at radius 3 is 2.61 bits per heavy atom. The van der Waals surface area contributed by atoms with Gasteiger partial charge in [0.15, 0.2) is 0 Å². The van der Waals surface area contributed by atoms with Gasteiger partial charge in [-0.2, -0.15) is 0 Å². The summed E-state index contributed by atoms with van der Waals surface area (Å²) in [5.74, 6) is 1.14. The van der Waals surface area contributed by atoms with E-state index in [1.54, 1.807) is 5.57 Å². The van der Waals surface area contributed by atoms with Gasteiger partial charge in [0.05, 0.1) is 12.7 Å². The topological polar surface area (TPSA) is 9.23 Å². The fraction of sp³-hybridized carbons (Fsp3) is 0.647. The highest BCUT2D eigenvalue weighted by atomic mass is 16.5. The molecule has 2 aliphatic carbocycles. The molecule has 0 aromatic heterocycles. The highest BCUT2D eigenvalue weighted by molar-refractivity contribution is 5.36. The largest absolute Gasteiger partial charge is 0.369 e. The number of fused-ring (bicyclic) bond motifs is 1. The van der Waals surface area contributed by atoms with Crippen LogP contribution in [0.1, 0.15) is 34.6 Å². The van der Waals surface area contributed by atoms with Gasteiger partial charge in [0.1, 0.15) is 0 Å². The summed E-state index contributed by atoms with van der Waals surface area (Å²) in [5.41, 5.74) is 2.08. The van der Waals surface area contributed by atoms with Crippen LogP contribution in [0.4, 0.5) is 0 Å². The van der Waals surface area contributed by atoms with Gasteiger partial charge >= 0.3 is 0 Å². The van der Waals surface area contributed by atoms with Crippen molar-refractivity contribution in [2.24, 2.45) is 22.7 Å². The molecule has 0 radical (unpaired) electrons. The summed E-state index contributed by atoms with van der Waals surface area (Å²) in [6.07, 6.45) is 8.71. The first-order valence-electron chi connectivity index (χ1n) is 6.94. The molecule has 1 nitrogen and oxygen atoms in total. The Hall–Kier alpha value is -0.820. The molecule has 0 heterocycles. The van der Waals surface area contributed by atoms with Crippen molar-refractivity contribution < 1.29 is 4.74 Å². The Labute approximate surface area is 112 Å². The number of allylic oxidation sites excluding steroid dienone is 2. The van der Waals surface area contributed by atoms with E-state index in [1.165, 1.54) is 0 Å². The predicted octanol–water partition coefficient (Wildman–Crippen LogP) is 4.37. The van der Waals surface area contributed by atoms with Crippen LogP contribution in [-0.4, -0.2) is 12.7 Å². The smallest absolute Gasteiger partial charge is 0.0833 e. The molecule has 0 aliphatic heterocycles. The van der Waals surface area contributed by atoms with Crippen LogP contribution in [0.25, 0.3) is 0 Å². The fourth-order valence-corrected chi connectivity index (χ4v) is 3.88. The molecule has 0 aromatic rings. The molecular weight excluding hydrogens is 220 g/mol. The van der Waals surface area contributed by atoms with E-state index in [0.717, 1.165) is 0 Å². The molecule has 100 valence electrons. The summed E-state index contributed by atoms with van der Waals surface area (Å²) in [6, 6.07) is 0. The maximum absolute atomic E-state index is 5.98. The lowest BCUT2D eigenvalue weighted by molar-refractivity contribution is 0.0256. The highest BCUT2D eigenvalue weighted by Gasteiger charge is 2.56. The number of ether oxygens (including phenoxy) is 1. The maximum Gasteiger partial charge on any atom is 0.0833 e. The van der Waals surface area contributed by atoms with Crippen LogP contribution >= 0.6 is 0 Å². The van der Waals surface area contributed by atoms with Gasteiger partial charge in [-0.05, 0) is 16.7 Å². The minimum atomic E-state index is 0.197. The quantitative estimate of drug-likeness (QED) is 0.672. The van der Waals surface area contributed by atoms with E-state index >= 15 is 0 Å². The third-order valence-electron chi connectivity index (χ3n) is 5.39. The molecule has 0 aromatic carbocycles. The first kappa shape index (κ1) is 13.6. The van der Waals surface area contributed by atoms with Gasteiger partial charge < -0.3 is 4.74 Å². The molecule has 3 unspecified atom stereocenters. The van der Waals surface area contributed by atoms with Crippen molar-refractivity contribution in [3.05, 3.63) is 36.5 Å². The van der Waals surface area contributed by atoms with Crippen molar-refractivity contribution in [3.63, 3.8) is 0 Å². The zero-order chi connectivity index (χ0) is 13.6. The molecule has 1 heteroatoms. The molecule has 0 bridgehead atoms. The van der Waals surface area contributed by atoms with E-state index in [1.807, 2.05) is 6.08 Å². The van der Waals surface area contributed by atoms with Crippen molar-refractivity contribution in [2.75, 3.05) is 6.61 Å². The second kappa shape index (κ2) is 4.38. The van der Waals surface area contributed by atoms with Gasteiger partial charge in [-0.25, -0.2) is 0 Å². The van der Waals surface area contributed by atoms with Gasteiger partial charge in [-0.3, -0.25) is 0 Å². The van der Waals surface area contributed by atoms with Gasteiger partial charge in [0, 0.05) is 5.92 Å². The van der Waals surface area contributed by atoms with Crippen LogP contribution in [0.2, 0.25) is 0 Å². The minimum absolute atomic E-state index is 0.197. The van der Waals surface area contributed by atoms with Gasteiger partial charge in [-0.1, -0.05) is 64.5 Å². The third kappa shape index (κ3) is 1.80. The zero-order valence-electron chi connectivity index (χ0n) is 12.4. The molecule has 0 N–H and O–H groups in total. The first-order chi connectivity index (χ1) is 8.33. The van der Waals surface area contributed by atoms with Crippen LogP contribution in [0.5, 0.6) is 0 Å². The second-order valence-electron chi connectivity index (χ2n) is 6.84. The van der Waals surface area contributed by atoms with E-state index in [0.29, 0.717) is 18.4 Å². The van der Waals surface area contributed by atoms with Crippen molar-refractivity contribution in [3.8, 4) is 0 Å². The Kier molecular flexibility index (Phi) is 3.31. The SMILES string of the molecule is C=CCOC1C=CC=C2C1C(C)(C)C(C)C2(C)C. The lowest BCUT2D eigenvalue weighted by Gasteiger charge is -2.36. The molecule has 2 rings (SSSR count). The lowest BCUT2D eigenvalue weighted by atomic mass is 9.71. The lowest BCUT2D eigenvalue weighted by Crippen LogP contribution is -2.35. The van der Waals surface area contributed by atoms with Crippen LogP contribution in [0, 0.1) is 22.7 Å². The Balaban J connectivity index is 2.37. The zero-order valence-corrected chi connectivity index (χ0v) is 12.4. The summed E-state index contributed by atoms with van der Waals surface area (Å²) in [6.45, 7) is 16.3. The minimum Gasteiger partial charge on any atom is -0.369 e. The normalized spacial score (nSPS) is 36.1. The van der Waals surface area contributed by atoms with Gasteiger partial charge in [-0.15, -0.1) is 6.58 Å². The van der Waals surface area contributed by atoms with E-state index in [-0.39, 0.29) is 16.9 Å². The van der Waals surface area contributed by atoms with Crippen LogP contribution in [-0.2, 0) is 4.74 Å². The Morgan fingerprint density at radius 2 is 2.00 bits per heavy atom. The van der Waals surface area contributed by atoms with Crippen LogP contribution in [0.3, 0.4) is 0 Å². The van der Waals surface area contributed by atoms with Crippen molar-refractivity contribution >= 4 is 0 Å². The summed E-state index contributed by atoms with van der Waals surface area (Å²) in [5, 5.41) is 0. The van der Waals surface area contributed by atoms with E-state index in [4.69, 9.17) is 4.74 Å². The maximum atomic E-state index is 5.98. The molecular formula is C17H26O. The predicted molar refractivity (Wildman–Crippen MR) is 77.4 cm³/mol. The summed E-state index contributed by atoms with van der Waals surface area (Å²) < 4.78 is 5.98. The summed E-state index contributed by atoms with van der Waals surface area (Å²) in [4.78, 5) is 0. The van der Waals surface area contributed by atoms with Crippen molar-refractivity contribution in [2.45, 2.75) is 40.7 Å². The van der Waals surface area contributed by atoms with Crippen molar-refractivity contribution in [1.82, 2.24) is 0 Å². The molecule has 3 atom stereocenters. The molecule has 0 amide bonds. The van der Waals surface area contributed by atoms with Gasteiger partial charge in [0.25, 0.3) is 0 Å². The molecule has 1 saturated carbocycles. The van der Waals surface area contributed by atoms with E-state index < -0.39 is 0 Å². The standard InChI is InChI=1S/C17H26O/c1-7-11-18-14-10-8-9-13-15(14)17(5,6)12(2)16(13,3)4/h7-10,12,14-15H,1,11H2,2-6H3.